The van der Waals surface area contributed by atoms with Crippen LogP contribution < -0.4 is 9.47 Å². The molecule has 0 aliphatic carbocycles. The fraction of sp³-hybridized carbons (Fsp3) is 0.444. The van der Waals surface area contributed by atoms with E-state index >= 15 is 0 Å². The number of amides is 1. The highest BCUT2D eigenvalue weighted by Gasteiger charge is 2.33. The molecule has 2 aromatic rings. The van der Waals surface area contributed by atoms with E-state index in [1.165, 1.54) is 0 Å². The summed E-state index contributed by atoms with van der Waals surface area (Å²) in [6.45, 7) is 5.97. The lowest BCUT2D eigenvalue weighted by Crippen LogP contribution is -2.31. The van der Waals surface area contributed by atoms with Gasteiger partial charge in [-0.2, -0.15) is 0 Å². The first kappa shape index (κ1) is 15.1. The third-order valence-corrected chi connectivity index (χ3v) is 4.62. The van der Waals surface area contributed by atoms with Gasteiger partial charge in [0.25, 0.3) is 0 Å². The number of hydrogen-bond donors (Lipinski definition) is 1. The van der Waals surface area contributed by atoms with Crippen molar-refractivity contribution in [2.75, 3.05) is 19.8 Å². The van der Waals surface area contributed by atoms with Gasteiger partial charge < -0.3 is 19.4 Å². The number of nitrogens with one attached hydrogen (secondary N) is 1. The molecule has 0 spiro atoms. The minimum absolute atomic E-state index is 0.130. The molecule has 1 amide bonds. The molecule has 4 rings (SSSR count). The summed E-state index contributed by atoms with van der Waals surface area (Å²) >= 11 is 0. The van der Waals surface area contributed by atoms with Crippen molar-refractivity contribution < 1.29 is 14.3 Å². The number of H-pyrrole nitrogens is 1. The summed E-state index contributed by atoms with van der Waals surface area (Å²) in [5.74, 6) is 2.74. The molecule has 1 unspecified atom stereocenters. The highest BCUT2D eigenvalue weighted by Crippen LogP contribution is 2.35. The third-order valence-electron chi connectivity index (χ3n) is 4.62. The normalized spacial score (nSPS) is 20.0. The molecule has 6 nitrogen and oxygen atoms in total. The van der Waals surface area contributed by atoms with Crippen LogP contribution in [0.25, 0.3) is 11.3 Å². The van der Waals surface area contributed by atoms with E-state index in [1.54, 1.807) is 0 Å². The fourth-order valence-corrected chi connectivity index (χ4v) is 3.32. The van der Waals surface area contributed by atoms with Crippen LogP contribution in [0, 0.1) is 0 Å². The lowest BCUT2D eigenvalue weighted by molar-refractivity contribution is -0.129. The van der Waals surface area contributed by atoms with E-state index in [2.05, 4.69) is 9.97 Å². The molecule has 0 saturated carbocycles. The molecule has 6 heteroatoms. The zero-order chi connectivity index (χ0) is 16.7. The predicted octanol–water partition coefficient (Wildman–Crippen LogP) is 2.57. The Kier molecular flexibility index (Phi) is 3.67. The number of likely N-dealkylation sites (tertiary alicyclic amines) is 1. The Morgan fingerprint density at radius 2 is 2.04 bits per heavy atom. The molecule has 1 N–H and O–H groups in total. The molecule has 126 valence electrons. The smallest absolute Gasteiger partial charge is 0.223 e. The van der Waals surface area contributed by atoms with E-state index in [9.17, 15) is 4.79 Å². The first-order valence-corrected chi connectivity index (χ1v) is 8.36. The maximum Gasteiger partial charge on any atom is 0.223 e. The predicted molar refractivity (Wildman–Crippen MR) is 89.2 cm³/mol. The molecular formula is C18H21N3O3. The molecule has 1 atom stereocenters. The molecule has 1 aromatic carbocycles. The largest absolute Gasteiger partial charge is 0.486 e. The van der Waals surface area contributed by atoms with Gasteiger partial charge in [-0.15, -0.1) is 0 Å². The van der Waals surface area contributed by atoms with Crippen LogP contribution in [0.1, 0.15) is 32.0 Å². The number of carbonyl (C=O) groups is 1. The van der Waals surface area contributed by atoms with Crippen molar-refractivity contribution >= 4 is 5.91 Å². The molecule has 3 heterocycles. The van der Waals surface area contributed by atoms with Gasteiger partial charge in [0.1, 0.15) is 19.0 Å². The quantitative estimate of drug-likeness (QED) is 0.941. The number of aromatic amines is 1. The second-order valence-corrected chi connectivity index (χ2v) is 6.58. The number of hydrogen-bond acceptors (Lipinski definition) is 4. The second-order valence-electron chi connectivity index (χ2n) is 6.58. The zero-order valence-corrected chi connectivity index (χ0v) is 13.9. The van der Waals surface area contributed by atoms with Gasteiger partial charge in [0, 0.05) is 30.5 Å². The van der Waals surface area contributed by atoms with Crippen molar-refractivity contribution in [3.63, 3.8) is 0 Å². The number of fused-ring (bicyclic) bond motifs is 1. The molecule has 24 heavy (non-hydrogen) atoms. The topological polar surface area (TPSA) is 67.5 Å². The third kappa shape index (κ3) is 2.62. The molecule has 0 bridgehead atoms. The zero-order valence-electron chi connectivity index (χ0n) is 13.9. The summed E-state index contributed by atoms with van der Waals surface area (Å²) in [4.78, 5) is 21.9. The van der Waals surface area contributed by atoms with Crippen molar-refractivity contribution in [1.29, 1.82) is 0 Å². The lowest BCUT2D eigenvalue weighted by atomic mass is 10.1. The highest BCUT2D eigenvalue weighted by atomic mass is 16.6. The Morgan fingerprint density at radius 1 is 1.25 bits per heavy atom. The molecule has 1 saturated heterocycles. The number of rotatable bonds is 3. The van der Waals surface area contributed by atoms with Gasteiger partial charge >= 0.3 is 0 Å². The van der Waals surface area contributed by atoms with Gasteiger partial charge in [0.05, 0.1) is 11.9 Å². The molecule has 2 aliphatic rings. The standard InChI is InChI=1S/C18H21N3O3/c1-11(2)21-10-13(8-17(21)22)18-19-9-14(20-18)12-3-4-15-16(7-12)24-6-5-23-15/h3-4,7,9,11,13H,5-6,8,10H2,1-2H3,(H,19,20). The fourth-order valence-electron chi connectivity index (χ4n) is 3.32. The van der Waals surface area contributed by atoms with Crippen LogP contribution >= 0.6 is 0 Å². The minimum atomic E-state index is 0.130. The summed E-state index contributed by atoms with van der Waals surface area (Å²) < 4.78 is 11.2. The Labute approximate surface area is 140 Å². The van der Waals surface area contributed by atoms with Crippen molar-refractivity contribution in [3.8, 4) is 22.8 Å². The van der Waals surface area contributed by atoms with Gasteiger partial charge in [0.2, 0.25) is 5.91 Å². The molecule has 1 aromatic heterocycles. The van der Waals surface area contributed by atoms with E-state index in [0.717, 1.165) is 35.1 Å². The van der Waals surface area contributed by atoms with Crippen LogP contribution in [0.5, 0.6) is 11.5 Å². The Morgan fingerprint density at radius 3 is 2.79 bits per heavy atom. The van der Waals surface area contributed by atoms with E-state index < -0.39 is 0 Å². The van der Waals surface area contributed by atoms with E-state index in [4.69, 9.17) is 9.47 Å². The Balaban J connectivity index is 1.56. The maximum atomic E-state index is 12.1. The van der Waals surface area contributed by atoms with Crippen LogP contribution in [0.3, 0.4) is 0 Å². The van der Waals surface area contributed by atoms with Crippen molar-refractivity contribution in [2.45, 2.75) is 32.2 Å². The van der Waals surface area contributed by atoms with Crippen LogP contribution in [0.15, 0.2) is 24.4 Å². The molecular weight excluding hydrogens is 306 g/mol. The summed E-state index contributed by atoms with van der Waals surface area (Å²) in [7, 11) is 0. The first-order valence-electron chi connectivity index (χ1n) is 8.36. The van der Waals surface area contributed by atoms with Gasteiger partial charge in [0.15, 0.2) is 11.5 Å². The molecule has 2 aliphatic heterocycles. The van der Waals surface area contributed by atoms with Crippen LogP contribution in [0.4, 0.5) is 0 Å². The molecule has 1 fully saturated rings. The monoisotopic (exact) mass is 327 g/mol. The summed E-state index contributed by atoms with van der Waals surface area (Å²) in [5.41, 5.74) is 1.93. The summed E-state index contributed by atoms with van der Waals surface area (Å²) in [6, 6.07) is 6.11. The number of ether oxygens (including phenoxy) is 2. The van der Waals surface area contributed by atoms with Gasteiger partial charge in [-0.05, 0) is 32.0 Å². The van der Waals surface area contributed by atoms with Crippen molar-refractivity contribution in [2.24, 2.45) is 0 Å². The summed E-state index contributed by atoms with van der Waals surface area (Å²) in [5, 5.41) is 0. The maximum absolute atomic E-state index is 12.1. The van der Waals surface area contributed by atoms with Crippen molar-refractivity contribution in [3.05, 3.63) is 30.2 Å². The van der Waals surface area contributed by atoms with E-state index in [-0.39, 0.29) is 17.9 Å². The average Bonchev–Trinajstić information content (AvgIpc) is 3.21. The van der Waals surface area contributed by atoms with Crippen LogP contribution in [0.2, 0.25) is 0 Å². The second kappa shape index (κ2) is 5.85. The SMILES string of the molecule is CC(C)N1CC(c2ncc(-c3ccc4c(c3)OCCO4)[nH]2)CC1=O. The average molecular weight is 327 g/mol. The highest BCUT2D eigenvalue weighted by molar-refractivity contribution is 5.80. The Hall–Kier alpha value is -2.50. The first-order chi connectivity index (χ1) is 11.6. The number of benzene rings is 1. The van der Waals surface area contributed by atoms with Crippen LogP contribution in [-0.2, 0) is 4.79 Å². The number of carbonyl (C=O) groups excluding carboxylic acids is 1. The van der Waals surface area contributed by atoms with E-state index in [1.807, 2.05) is 43.1 Å². The number of imidazole rings is 1. The van der Waals surface area contributed by atoms with E-state index in [0.29, 0.717) is 19.6 Å². The number of nitrogens with zero attached hydrogens (tertiary/aromatic N) is 2. The Bertz CT molecular complexity index is 769. The van der Waals surface area contributed by atoms with Crippen molar-refractivity contribution in [1.82, 2.24) is 14.9 Å². The molecule has 0 radical (unpaired) electrons. The van der Waals surface area contributed by atoms with Gasteiger partial charge in [-0.1, -0.05) is 0 Å². The summed E-state index contributed by atoms with van der Waals surface area (Å²) in [6.07, 6.45) is 2.34. The van der Waals surface area contributed by atoms with Gasteiger partial charge in [-0.3, -0.25) is 4.79 Å². The van der Waals surface area contributed by atoms with Gasteiger partial charge in [-0.25, -0.2) is 4.98 Å². The lowest BCUT2D eigenvalue weighted by Gasteiger charge is -2.20. The van der Waals surface area contributed by atoms with Crippen LogP contribution in [-0.4, -0.2) is 46.6 Å². The minimum Gasteiger partial charge on any atom is -0.486 e. The number of aromatic nitrogens is 2.